The fourth-order valence-corrected chi connectivity index (χ4v) is 1.47. The Bertz CT molecular complexity index is 305. The highest BCUT2D eigenvalue weighted by Gasteiger charge is 2.22. The summed E-state index contributed by atoms with van der Waals surface area (Å²) < 4.78 is 1.71. The largest absolute Gasteiger partial charge is 0.309 e. The Kier molecular flexibility index (Phi) is 1.60. The van der Waals surface area contributed by atoms with Gasteiger partial charge in [-0.25, -0.2) is 0 Å². The molecule has 2 heterocycles. The van der Waals surface area contributed by atoms with Crippen molar-refractivity contribution in [1.82, 2.24) is 9.78 Å². The van der Waals surface area contributed by atoms with Gasteiger partial charge in [0, 0.05) is 26.2 Å². The van der Waals surface area contributed by atoms with E-state index in [4.69, 9.17) is 0 Å². The normalized spacial score (nSPS) is 17.4. The second kappa shape index (κ2) is 2.62. The van der Waals surface area contributed by atoms with Crippen molar-refractivity contribution in [2.75, 3.05) is 11.4 Å². The molecule has 0 bridgehead atoms. The first kappa shape index (κ1) is 7.34. The fraction of sp³-hybridized carbons (Fsp3) is 0.500. The molecule has 0 radical (unpaired) electrons. The topological polar surface area (TPSA) is 38.1 Å². The first-order valence-electron chi connectivity index (χ1n) is 4.06. The zero-order valence-corrected chi connectivity index (χ0v) is 7.03. The summed E-state index contributed by atoms with van der Waals surface area (Å²) in [6, 6.07) is 0. The Labute approximate surface area is 70.8 Å². The second-order valence-electron chi connectivity index (χ2n) is 3.02. The lowest BCUT2D eigenvalue weighted by Gasteiger charge is -2.11. The molecule has 0 aromatic carbocycles. The lowest BCUT2D eigenvalue weighted by molar-refractivity contribution is -0.117. The molecule has 4 heteroatoms. The Morgan fingerprint density at radius 2 is 2.42 bits per heavy atom. The van der Waals surface area contributed by atoms with E-state index in [-0.39, 0.29) is 5.91 Å². The SMILES string of the molecule is Cn1cc(N2CCCC2=O)cn1. The van der Waals surface area contributed by atoms with Gasteiger partial charge in [0.1, 0.15) is 0 Å². The average Bonchev–Trinajstić information content (AvgIpc) is 2.58. The number of carbonyl (C=O) groups is 1. The molecule has 64 valence electrons. The summed E-state index contributed by atoms with van der Waals surface area (Å²) in [5.74, 6) is 0.211. The van der Waals surface area contributed by atoms with Crippen molar-refractivity contribution in [1.29, 1.82) is 0 Å². The molecule has 0 atom stereocenters. The van der Waals surface area contributed by atoms with Gasteiger partial charge in [-0.2, -0.15) is 5.10 Å². The summed E-state index contributed by atoms with van der Waals surface area (Å²) in [4.78, 5) is 13.1. The zero-order valence-electron chi connectivity index (χ0n) is 7.03. The molecule has 4 nitrogen and oxygen atoms in total. The van der Waals surface area contributed by atoms with E-state index in [1.54, 1.807) is 15.8 Å². The van der Waals surface area contributed by atoms with E-state index >= 15 is 0 Å². The Hall–Kier alpha value is -1.32. The molecule has 0 unspecified atom stereocenters. The van der Waals surface area contributed by atoms with Crippen molar-refractivity contribution in [2.24, 2.45) is 7.05 Å². The van der Waals surface area contributed by atoms with Gasteiger partial charge in [-0.05, 0) is 6.42 Å². The molecule has 1 saturated heterocycles. The molecule has 0 spiro atoms. The van der Waals surface area contributed by atoms with Gasteiger partial charge in [-0.15, -0.1) is 0 Å². The molecule has 1 amide bonds. The predicted molar refractivity (Wildman–Crippen MR) is 44.8 cm³/mol. The Morgan fingerprint density at radius 3 is 2.92 bits per heavy atom. The summed E-state index contributed by atoms with van der Waals surface area (Å²) in [7, 11) is 1.85. The van der Waals surface area contributed by atoms with E-state index in [2.05, 4.69) is 5.10 Å². The van der Waals surface area contributed by atoms with Gasteiger partial charge in [0.25, 0.3) is 0 Å². The van der Waals surface area contributed by atoms with Crippen molar-refractivity contribution < 1.29 is 4.79 Å². The minimum Gasteiger partial charge on any atom is -0.309 e. The second-order valence-corrected chi connectivity index (χ2v) is 3.02. The van der Waals surface area contributed by atoms with Crippen LogP contribution in [0.15, 0.2) is 12.4 Å². The maximum Gasteiger partial charge on any atom is 0.227 e. The first-order chi connectivity index (χ1) is 5.77. The van der Waals surface area contributed by atoms with Crippen molar-refractivity contribution in [3.05, 3.63) is 12.4 Å². The smallest absolute Gasteiger partial charge is 0.227 e. The maximum atomic E-state index is 11.3. The van der Waals surface area contributed by atoms with Crippen molar-refractivity contribution in [3.63, 3.8) is 0 Å². The summed E-state index contributed by atoms with van der Waals surface area (Å²) in [6.07, 6.45) is 5.23. The quantitative estimate of drug-likeness (QED) is 0.609. The standard InChI is InChI=1S/C8H11N3O/c1-10-6-7(5-9-10)11-4-2-3-8(11)12/h5-6H,2-4H2,1H3. The summed E-state index contributed by atoms with van der Waals surface area (Å²) in [5, 5.41) is 4.02. The molecule has 1 aliphatic rings. The van der Waals surface area contributed by atoms with Crippen LogP contribution in [0.1, 0.15) is 12.8 Å². The van der Waals surface area contributed by atoms with Crippen LogP contribution in [-0.4, -0.2) is 22.2 Å². The maximum absolute atomic E-state index is 11.3. The number of rotatable bonds is 1. The lowest BCUT2D eigenvalue weighted by atomic mass is 10.4. The van der Waals surface area contributed by atoms with Gasteiger partial charge in [0.15, 0.2) is 0 Å². The van der Waals surface area contributed by atoms with Gasteiger partial charge in [0.2, 0.25) is 5.91 Å². The van der Waals surface area contributed by atoms with Crippen LogP contribution < -0.4 is 4.90 Å². The van der Waals surface area contributed by atoms with Gasteiger partial charge in [0.05, 0.1) is 11.9 Å². The number of nitrogens with zero attached hydrogens (tertiary/aromatic N) is 3. The monoisotopic (exact) mass is 165 g/mol. The summed E-state index contributed by atoms with van der Waals surface area (Å²) in [5.41, 5.74) is 0.917. The number of hydrogen-bond donors (Lipinski definition) is 0. The van der Waals surface area contributed by atoms with Crippen LogP contribution in [0.3, 0.4) is 0 Å². The summed E-state index contributed by atoms with van der Waals surface area (Å²) >= 11 is 0. The molecule has 1 aliphatic heterocycles. The number of aromatic nitrogens is 2. The van der Waals surface area contributed by atoms with E-state index < -0.39 is 0 Å². The van der Waals surface area contributed by atoms with Gasteiger partial charge in [-0.1, -0.05) is 0 Å². The molecule has 12 heavy (non-hydrogen) atoms. The number of amides is 1. The number of anilines is 1. The highest BCUT2D eigenvalue weighted by Crippen LogP contribution is 2.19. The number of carbonyl (C=O) groups excluding carboxylic acids is 1. The van der Waals surface area contributed by atoms with Gasteiger partial charge >= 0.3 is 0 Å². The third-order valence-corrected chi connectivity index (χ3v) is 2.08. The van der Waals surface area contributed by atoms with Gasteiger partial charge in [-0.3, -0.25) is 9.48 Å². The molecule has 0 N–H and O–H groups in total. The van der Waals surface area contributed by atoms with Crippen LogP contribution in [0.2, 0.25) is 0 Å². The molecule has 1 fully saturated rings. The molecule has 2 rings (SSSR count). The predicted octanol–water partition coefficient (Wildman–Crippen LogP) is 0.547. The molecular weight excluding hydrogens is 154 g/mol. The highest BCUT2D eigenvalue weighted by atomic mass is 16.2. The lowest BCUT2D eigenvalue weighted by Crippen LogP contribution is -2.23. The Morgan fingerprint density at radius 1 is 1.58 bits per heavy atom. The van der Waals surface area contributed by atoms with E-state index in [9.17, 15) is 4.79 Å². The van der Waals surface area contributed by atoms with E-state index in [1.807, 2.05) is 13.2 Å². The van der Waals surface area contributed by atoms with Crippen LogP contribution in [0.4, 0.5) is 5.69 Å². The third-order valence-electron chi connectivity index (χ3n) is 2.08. The minimum absolute atomic E-state index is 0.211. The van der Waals surface area contributed by atoms with E-state index in [0.717, 1.165) is 18.7 Å². The first-order valence-corrected chi connectivity index (χ1v) is 4.06. The van der Waals surface area contributed by atoms with Crippen molar-refractivity contribution >= 4 is 11.6 Å². The Balaban J connectivity index is 2.24. The van der Waals surface area contributed by atoms with Crippen molar-refractivity contribution in [2.45, 2.75) is 12.8 Å². The van der Waals surface area contributed by atoms with Crippen molar-refractivity contribution in [3.8, 4) is 0 Å². The fourth-order valence-electron chi connectivity index (χ4n) is 1.47. The summed E-state index contributed by atoms with van der Waals surface area (Å²) in [6.45, 7) is 0.838. The molecule has 0 aliphatic carbocycles. The molecule has 0 saturated carbocycles. The van der Waals surface area contributed by atoms with Gasteiger partial charge < -0.3 is 4.90 Å². The van der Waals surface area contributed by atoms with Crippen LogP contribution in [-0.2, 0) is 11.8 Å². The molecule has 1 aromatic heterocycles. The van der Waals surface area contributed by atoms with E-state index in [1.165, 1.54) is 0 Å². The average molecular weight is 165 g/mol. The van der Waals surface area contributed by atoms with Crippen LogP contribution >= 0.6 is 0 Å². The highest BCUT2D eigenvalue weighted by molar-refractivity contribution is 5.94. The molecule has 1 aromatic rings. The number of hydrogen-bond acceptors (Lipinski definition) is 2. The minimum atomic E-state index is 0.211. The molecular formula is C8H11N3O. The van der Waals surface area contributed by atoms with Crippen LogP contribution in [0, 0.1) is 0 Å². The number of aryl methyl sites for hydroxylation is 1. The van der Waals surface area contributed by atoms with Crippen LogP contribution in [0.25, 0.3) is 0 Å². The van der Waals surface area contributed by atoms with E-state index in [0.29, 0.717) is 6.42 Å². The zero-order chi connectivity index (χ0) is 8.55. The third kappa shape index (κ3) is 1.09. The van der Waals surface area contributed by atoms with Crippen LogP contribution in [0.5, 0.6) is 0 Å².